The van der Waals surface area contributed by atoms with Crippen molar-refractivity contribution in [3.63, 3.8) is 0 Å². The molecular weight excluding hydrogens is 186 g/mol. The molecule has 1 aromatic carbocycles. The minimum atomic E-state index is -0.540. The van der Waals surface area contributed by atoms with Crippen LogP contribution < -0.4 is 0 Å². The second-order valence-electron chi connectivity index (χ2n) is 3.48. The van der Waals surface area contributed by atoms with E-state index in [0.29, 0.717) is 0 Å². The number of hydrogen-bond acceptors (Lipinski definition) is 2. The third kappa shape index (κ3) is 2.05. The molecule has 0 saturated heterocycles. The van der Waals surface area contributed by atoms with Gasteiger partial charge in [0.2, 0.25) is 0 Å². The molecule has 0 amide bonds. The van der Waals surface area contributed by atoms with Crippen molar-refractivity contribution in [2.75, 3.05) is 0 Å². The van der Waals surface area contributed by atoms with E-state index in [4.69, 9.17) is 0 Å². The van der Waals surface area contributed by atoms with Gasteiger partial charge < -0.3 is 5.11 Å². The van der Waals surface area contributed by atoms with E-state index in [1.165, 1.54) is 0 Å². The first-order valence-corrected chi connectivity index (χ1v) is 4.97. The fraction of sp³-hybridized carbons (Fsp3) is 0.154. The largest absolute Gasteiger partial charge is 0.387 e. The number of pyridine rings is 1. The van der Waals surface area contributed by atoms with E-state index in [2.05, 4.69) is 4.98 Å². The molecule has 1 atom stereocenters. The van der Waals surface area contributed by atoms with Crippen molar-refractivity contribution < 1.29 is 5.11 Å². The minimum absolute atomic E-state index is 0.540. The van der Waals surface area contributed by atoms with Crippen LogP contribution in [-0.4, -0.2) is 10.1 Å². The van der Waals surface area contributed by atoms with Gasteiger partial charge in [-0.05, 0) is 18.6 Å². The standard InChI is InChI=1S/C13H13NO/c1-10(15)13-12(8-5-9-14-13)11-6-3-2-4-7-11/h2-10,15H,1H3. The highest BCUT2D eigenvalue weighted by Gasteiger charge is 2.09. The Morgan fingerprint density at radius 3 is 2.47 bits per heavy atom. The number of aliphatic hydroxyl groups is 1. The van der Waals surface area contributed by atoms with Crippen LogP contribution in [0.3, 0.4) is 0 Å². The van der Waals surface area contributed by atoms with Gasteiger partial charge >= 0.3 is 0 Å². The zero-order valence-electron chi connectivity index (χ0n) is 8.59. The Labute approximate surface area is 89.2 Å². The third-order valence-corrected chi connectivity index (χ3v) is 2.32. The van der Waals surface area contributed by atoms with Crippen molar-refractivity contribution in [2.24, 2.45) is 0 Å². The zero-order chi connectivity index (χ0) is 10.7. The summed E-state index contributed by atoms with van der Waals surface area (Å²) in [7, 11) is 0. The first-order valence-electron chi connectivity index (χ1n) is 4.97. The summed E-state index contributed by atoms with van der Waals surface area (Å²) in [6, 6.07) is 13.8. The Bertz CT molecular complexity index is 437. The van der Waals surface area contributed by atoms with Gasteiger partial charge in [0.25, 0.3) is 0 Å². The molecule has 2 nitrogen and oxygen atoms in total. The number of benzene rings is 1. The lowest BCUT2D eigenvalue weighted by Crippen LogP contribution is -1.98. The van der Waals surface area contributed by atoms with Crippen molar-refractivity contribution in [3.8, 4) is 11.1 Å². The maximum atomic E-state index is 9.60. The van der Waals surface area contributed by atoms with Crippen molar-refractivity contribution in [1.29, 1.82) is 0 Å². The first-order chi connectivity index (χ1) is 7.29. The second kappa shape index (κ2) is 4.24. The molecule has 15 heavy (non-hydrogen) atoms. The zero-order valence-corrected chi connectivity index (χ0v) is 8.59. The molecule has 1 aromatic heterocycles. The lowest BCUT2D eigenvalue weighted by atomic mass is 10.0. The Balaban J connectivity index is 2.53. The predicted octanol–water partition coefficient (Wildman–Crippen LogP) is 2.80. The van der Waals surface area contributed by atoms with Gasteiger partial charge in [0.15, 0.2) is 0 Å². The van der Waals surface area contributed by atoms with Gasteiger partial charge in [-0.2, -0.15) is 0 Å². The molecule has 0 radical (unpaired) electrons. The maximum Gasteiger partial charge on any atom is 0.0938 e. The minimum Gasteiger partial charge on any atom is -0.387 e. The van der Waals surface area contributed by atoms with Gasteiger partial charge in [0, 0.05) is 11.8 Å². The molecule has 76 valence electrons. The van der Waals surface area contributed by atoms with Gasteiger partial charge in [0.1, 0.15) is 0 Å². The van der Waals surface area contributed by atoms with Gasteiger partial charge in [-0.25, -0.2) is 0 Å². The van der Waals surface area contributed by atoms with E-state index >= 15 is 0 Å². The monoisotopic (exact) mass is 199 g/mol. The molecular formula is C13H13NO. The normalized spacial score (nSPS) is 12.4. The Morgan fingerprint density at radius 1 is 1.07 bits per heavy atom. The molecule has 1 unspecified atom stereocenters. The van der Waals surface area contributed by atoms with E-state index in [-0.39, 0.29) is 0 Å². The number of aromatic nitrogens is 1. The number of hydrogen-bond donors (Lipinski definition) is 1. The Kier molecular flexibility index (Phi) is 2.79. The van der Waals surface area contributed by atoms with Crippen LogP contribution in [0.25, 0.3) is 11.1 Å². The number of nitrogens with zero attached hydrogens (tertiary/aromatic N) is 1. The Morgan fingerprint density at radius 2 is 1.80 bits per heavy atom. The summed E-state index contributed by atoms with van der Waals surface area (Å²) in [5.74, 6) is 0. The van der Waals surface area contributed by atoms with Crippen LogP contribution in [0.5, 0.6) is 0 Å². The SMILES string of the molecule is CC(O)c1ncccc1-c1ccccc1. The maximum absolute atomic E-state index is 9.60. The van der Waals surface area contributed by atoms with Crippen LogP contribution in [0.15, 0.2) is 48.7 Å². The average molecular weight is 199 g/mol. The van der Waals surface area contributed by atoms with E-state index in [1.54, 1.807) is 13.1 Å². The molecule has 0 fully saturated rings. The summed E-state index contributed by atoms with van der Waals surface area (Å²) in [5, 5.41) is 9.60. The molecule has 2 rings (SSSR count). The van der Waals surface area contributed by atoms with Crippen LogP contribution in [0, 0.1) is 0 Å². The molecule has 0 spiro atoms. The molecule has 0 saturated carbocycles. The highest BCUT2D eigenvalue weighted by atomic mass is 16.3. The Hall–Kier alpha value is -1.67. The third-order valence-electron chi connectivity index (χ3n) is 2.32. The molecule has 2 heteroatoms. The van der Waals surface area contributed by atoms with Crippen LogP contribution >= 0.6 is 0 Å². The fourth-order valence-electron chi connectivity index (χ4n) is 1.61. The van der Waals surface area contributed by atoms with Crippen molar-refractivity contribution in [1.82, 2.24) is 4.98 Å². The molecule has 0 aliphatic heterocycles. The van der Waals surface area contributed by atoms with Gasteiger partial charge in [-0.3, -0.25) is 4.98 Å². The van der Waals surface area contributed by atoms with E-state index in [1.807, 2.05) is 42.5 Å². The van der Waals surface area contributed by atoms with Crippen LogP contribution in [0.4, 0.5) is 0 Å². The van der Waals surface area contributed by atoms with Crippen molar-refractivity contribution in [3.05, 3.63) is 54.4 Å². The van der Waals surface area contributed by atoms with Crippen LogP contribution in [0.1, 0.15) is 18.7 Å². The molecule has 0 aliphatic carbocycles. The molecule has 0 aliphatic rings. The van der Waals surface area contributed by atoms with Crippen molar-refractivity contribution in [2.45, 2.75) is 13.0 Å². The summed E-state index contributed by atoms with van der Waals surface area (Å²) >= 11 is 0. The van der Waals surface area contributed by atoms with Gasteiger partial charge in [-0.15, -0.1) is 0 Å². The summed E-state index contributed by atoms with van der Waals surface area (Å²) in [6.07, 6.45) is 1.16. The summed E-state index contributed by atoms with van der Waals surface area (Å²) in [4.78, 5) is 4.20. The van der Waals surface area contributed by atoms with Gasteiger partial charge in [-0.1, -0.05) is 36.4 Å². The molecule has 2 aromatic rings. The lowest BCUT2D eigenvalue weighted by molar-refractivity contribution is 0.195. The summed E-state index contributed by atoms with van der Waals surface area (Å²) in [6.45, 7) is 1.73. The highest BCUT2D eigenvalue weighted by molar-refractivity contribution is 5.65. The smallest absolute Gasteiger partial charge is 0.0938 e. The molecule has 1 heterocycles. The average Bonchev–Trinajstić information content (AvgIpc) is 2.30. The molecule has 1 N–H and O–H groups in total. The van der Waals surface area contributed by atoms with Crippen molar-refractivity contribution >= 4 is 0 Å². The highest BCUT2D eigenvalue weighted by Crippen LogP contribution is 2.25. The predicted molar refractivity (Wildman–Crippen MR) is 60.3 cm³/mol. The van der Waals surface area contributed by atoms with E-state index in [0.717, 1.165) is 16.8 Å². The first kappa shape index (κ1) is 9.87. The number of aliphatic hydroxyl groups excluding tert-OH is 1. The van der Waals surface area contributed by atoms with E-state index in [9.17, 15) is 5.11 Å². The fourth-order valence-corrected chi connectivity index (χ4v) is 1.61. The summed E-state index contributed by atoms with van der Waals surface area (Å²) < 4.78 is 0. The number of rotatable bonds is 2. The molecule has 0 bridgehead atoms. The van der Waals surface area contributed by atoms with Crippen LogP contribution in [-0.2, 0) is 0 Å². The lowest BCUT2D eigenvalue weighted by Gasteiger charge is -2.10. The summed E-state index contributed by atoms with van der Waals surface area (Å²) in [5.41, 5.74) is 2.80. The van der Waals surface area contributed by atoms with Crippen LogP contribution in [0.2, 0.25) is 0 Å². The topological polar surface area (TPSA) is 33.1 Å². The van der Waals surface area contributed by atoms with E-state index < -0.39 is 6.10 Å². The quantitative estimate of drug-likeness (QED) is 0.806. The van der Waals surface area contributed by atoms with Gasteiger partial charge in [0.05, 0.1) is 11.8 Å². The second-order valence-corrected chi connectivity index (χ2v) is 3.48.